The fraction of sp³-hybridized carbons (Fsp3) is 0.818. The van der Waals surface area contributed by atoms with Crippen molar-refractivity contribution >= 4 is 0 Å². The molecule has 0 unspecified atom stereocenters. The van der Waals surface area contributed by atoms with Crippen molar-refractivity contribution in [3.8, 4) is 0 Å². The highest BCUT2D eigenvalue weighted by atomic mass is 14.1. The van der Waals surface area contributed by atoms with Crippen molar-refractivity contribution in [1.82, 2.24) is 0 Å². The van der Waals surface area contributed by atoms with Crippen molar-refractivity contribution in [2.24, 2.45) is 11.8 Å². The molecule has 0 nitrogen and oxygen atoms in total. The van der Waals surface area contributed by atoms with Crippen molar-refractivity contribution in [3.05, 3.63) is 12.7 Å². The lowest BCUT2D eigenvalue weighted by molar-refractivity contribution is 0.360. The third-order valence-corrected chi connectivity index (χ3v) is 2.07. The third-order valence-electron chi connectivity index (χ3n) is 2.07. The summed E-state index contributed by atoms with van der Waals surface area (Å²) in [7, 11) is 0. The Labute approximate surface area is 72.7 Å². The standard InChI is InChI=1S/C10H20.CH4/c1-5-7-10(8-6-2)9(3)4;/h5,9-10H,1,6-8H2,2-4H3;1H4/t10-;/m0./s1. The minimum Gasteiger partial charge on any atom is -0.103 e. The molecule has 0 saturated carbocycles. The average molecular weight is 156 g/mol. The van der Waals surface area contributed by atoms with Gasteiger partial charge in [0, 0.05) is 0 Å². The van der Waals surface area contributed by atoms with Crippen LogP contribution in [-0.4, -0.2) is 0 Å². The van der Waals surface area contributed by atoms with Crippen LogP contribution in [-0.2, 0) is 0 Å². The molecule has 0 aromatic heterocycles. The summed E-state index contributed by atoms with van der Waals surface area (Å²) in [6.45, 7) is 10.6. The van der Waals surface area contributed by atoms with E-state index in [2.05, 4.69) is 27.4 Å². The van der Waals surface area contributed by atoms with Crippen molar-refractivity contribution in [2.75, 3.05) is 0 Å². The highest BCUT2D eigenvalue weighted by molar-refractivity contribution is 4.74. The Bertz CT molecular complexity index is 82.0. The van der Waals surface area contributed by atoms with Crippen molar-refractivity contribution in [1.29, 1.82) is 0 Å². The van der Waals surface area contributed by atoms with Gasteiger partial charge in [0.2, 0.25) is 0 Å². The highest BCUT2D eigenvalue weighted by Crippen LogP contribution is 2.20. The molecular formula is C11H24. The van der Waals surface area contributed by atoms with Crippen LogP contribution in [0.5, 0.6) is 0 Å². The Balaban J connectivity index is 0. The van der Waals surface area contributed by atoms with Crippen LogP contribution in [0.3, 0.4) is 0 Å². The van der Waals surface area contributed by atoms with Gasteiger partial charge >= 0.3 is 0 Å². The van der Waals surface area contributed by atoms with E-state index in [1.54, 1.807) is 0 Å². The number of allylic oxidation sites excluding steroid dienone is 1. The molecule has 0 bridgehead atoms. The predicted octanol–water partition coefficient (Wildman–Crippen LogP) is 4.27. The SMILES string of the molecule is C.C=CC[C@@H](CCC)C(C)C. The second-order valence-electron chi connectivity index (χ2n) is 3.32. The molecule has 0 radical (unpaired) electrons. The average Bonchev–Trinajstić information content (AvgIpc) is 1.87. The zero-order valence-corrected chi connectivity index (χ0v) is 7.56. The van der Waals surface area contributed by atoms with E-state index in [1.807, 2.05) is 6.08 Å². The molecule has 0 aliphatic carbocycles. The summed E-state index contributed by atoms with van der Waals surface area (Å²) in [5, 5.41) is 0. The van der Waals surface area contributed by atoms with Crippen molar-refractivity contribution in [3.63, 3.8) is 0 Å². The Morgan fingerprint density at radius 1 is 1.36 bits per heavy atom. The van der Waals surface area contributed by atoms with Crippen LogP contribution in [0.4, 0.5) is 0 Å². The van der Waals surface area contributed by atoms with Crippen LogP contribution in [0.2, 0.25) is 0 Å². The largest absolute Gasteiger partial charge is 0.103 e. The topological polar surface area (TPSA) is 0 Å². The molecule has 0 fully saturated rings. The van der Waals surface area contributed by atoms with Gasteiger partial charge in [-0.1, -0.05) is 47.1 Å². The van der Waals surface area contributed by atoms with Gasteiger partial charge in [0.05, 0.1) is 0 Å². The van der Waals surface area contributed by atoms with Gasteiger partial charge in [0.15, 0.2) is 0 Å². The molecule has 11 heavy (non-hydrogen) atoms. The first-order valence-corrected chi connectivity index (χ1v) is 4.33. The van der Waals surface area contributed by atoms with Gasteiger partial charge in [-0.05, 0) is 18.3 Å². The highest BCUT2D eigenvalue weighted by Gasteiger charge is 2.09. The van der Waals surface area contributed by atoms with Gasteiger partial charge in [-0.15, -0.1) is 6.58 Å². The first kappa shape index (κ1) is 13.3. The van der Waals surface area contributed by atoms with Crippen molar-refractivity contribution < 1.29 is 0 Å². The summed E-state index contributed by atoms with van der Waals surface area (Å²) < 4.78 is 0. The minimum absolute atomic E-state index is 0. The molecule has 0 aliphatic rings. The Morgan fingerprint density at radius 2 is 1.91 bits per heavy atom. The van der Waals surface area contributed by atoms with E-state index >= 15 is 0 Å². The van der Waals surface area contributed by atoms with Crippen LogP contribution in [0.15, 0.2) is 12.7 Å². The third kappa shape index (κ3) is 6.15. The maximum atomic E-state index is 3.77. The molecule has 0 amide bonds. The molecule has 0 rings (SSSR count). The smallest absolute Gasteiger partial charge is 0.0322 e. The minimum atomic E-state index is 0. The van der Waals surface area contributed by atoms with Crippen LogP contribution >= 0.6 is 0 Å². The second-order valence-corrected chi connectivity index (χ2v) is 3.32. The van der Waals surface area contributed by atoms with Crippen LogP contribution < -0.4 is 0 Å². The van der Waals surface area contributed by atoms with Gasteiger partial charge in [-0.25, -0.2) is 0 Å². The molecular weight excluding hydrogens is 132 g/mol. The zero-order valence-electron chi connectivity index (χ0n) is 7.56. The van der Waals surface area contributed by atoms with E-state index in [1.165, 1.54) is 19.3 Å². The number of hydrogen-bond acceptors (Lipinski definition) is 0. The lowest BCUT2D eigenvalue weighted by atomic mass is 9.89. The molecule has 0 saturated heterocycles. The predicted molar refractivity (Wildman–Crippen MR) is 54.8 cm³/mol. The fourth-order valence-electron chi connectivity index (χ4n) is 1.31. The van der Waals surface area contributed by atoms with Crippen LogP contribution in [0.25, 0.3) is 0 Å². The molecule has 0 aliphatic heterocycles. The molecule has 1 atom stereocenters. The first-order chi connectivity index (χ1) is 4.72. The molecule has 0 N–H and O–H groups in total. The summed E-state index contributed by atoms with van der Waals surface area (Å²) >= 11 is 0. The van der Waals surface area contributed by atoms with E-state index in [-0.39, 0.29) is 7.43 Å². The summed E-state index contributed by atoms with van der Waals surface area (Å²) in [4.78, 5) is 0. The fourth-order valence-corrected chi connectivity index (χ4v) is 1.31. The lowest BCUT2D eigenvalue weighted by Crippen LogP contribution is -2.06. The van der Waals surface area contributed by atoms with Gasteiger partial charge in [-0.2, -0.15) is 0 Å². The summed E-state index contributed by atoms with van der Waals surface area (Å²) in [6.07, 6.45) is 5.88. The van der Waals surface area contributed by atoms with Gasteiger partial charge in [0.25, 0.3) is 0 Å². The summed E-state index contributed by atoms with van der Waals surface area (Å²) in [6, 6.07) is 0. The number of rotatable bonds is 5. The van der Waals surface area contributed by atoms with E-state index < -0.39 is 0 Å². The summed E-state index contributed by atoms with van der Waals surface area (Å²) in [5.74, 6) is 1.68. The normalized spacial score (nSPS) is 12.4. The Hall–Kier alpha value is -0.260. The molecule has 0 heterocycles. The number of hydrogen-bond donors (Lipinski definition) is 0. The van der Waals surface area contributed by atoms with Crippen molar-refractivity contribution in [2.45, 2.75) is 47.5 Å². The molecule has 0 spiro atoms. The van der Waals surface area contributed by atoms with E-state index in [9.17, 15) is 0 Å². The Morgan fingerprint density at radius 3 is 2.18 bits per heavy atom. The quantitative estimate of drug-likeness (QED) is 0.521. The maximum absolute atomic E-state index is 3.77. The van der Waals surface area contributed by atoms with Gasteiger partial charge in [0.1, 0.15) is 0 Å². The molecule has 0 aromatic carbocycles. The van der Waals surface area contributed by atoms with E-state index in [0.717, 1.165) is 11.8 Å². The monoisotopic (exact) mass is 156 g/mol. The lowest BCUT2D eigenvalue weighted by Gasteiger charge is -2.17. The molecule has 0 aromatic rings. The van der Waals surface area contributed by atoms with E-state index in [4.69, 9.17) is 0 Å². The van der Waals surface area contributed by atoms with E-state index in [0.29, 0.717) is 0 Å². The maximum Gasteiger partial charge on any atom is -0.0322 e. The zero-order chi connectivity index (χ0) is 7.98. The second kappa shape index (κ2) is 7.84. The first-order valence-electron chi connectivity index (χ1n) is 4.33. The van der Waals surface area contributed by atoms with Gasteiger partial charge in [-0.3, -0.25) is 0 Å². The Kier molecular flexibility index (Phi) is 9.51. The van der Waals surface area contributed by atoms with Crippen LogP contribution in [0, 0.1) is 11.8 Å². The molecule has 0 heteroatoms. The summed E-state index contributed by atoms with van der Waals surface area (Å²) in [5.41, 5.74) is 0. The van der Waals surface area contributed by atoms with Gasteiger partial charge < -0.3 is 0 Å². The molecule has 68 valence electrons. The van der Waals surface area contributed by atoms with Crippen LogP contribution in [0.1, 0.15) is 47.5 Å².